The largest absolute Gasteiger partial charge is 0.491 e. The van der Waals surface area contributed by atoms with Crippen LogP contribution in [0.5, 0.6) is 11.5 Å². The third-order valence-corrected chi connectivity index (χ3v) is 3.13. The van der Waals surface area contributed by atoms with E-state index in [1.807, 2.05) is 12.1 Å². The molecule has 0 bridgehead atoms. The van der Waals surface area contributed by atoms with Crippen LogP contribution < -0.4 is 14.8 Å². The lowest BCUT2D eigenvalue weighted by molar-refractivity contribution is 0.102. The van der Waals surface area contributed by atoms with Crippen LogP contribution in [0.25, 0.3) is 0 Å². The minimum atomic E-state index is -0.195. The zero-order valence-electron chi connectivity index (χ0n) is 13.7. The Hall–Kier alpha value is -2.79. The highest BCUT2D eigenvalue weighted by molar-refractivity contribution is 6.04. The molecule has 0 aliphatic carbocycles. The van der Waals surface area contributed by atoms with E-state index in [0.717, 1.165) is 0 Å². The Morgan fingerprint density at radius 1 is 1.08 bits per heavy atom. The van der Waals surface area contributed by atoms with Crippen LogP contribution in [-0.2, 0) is 4.74 Å². The van der Waals surface area contributed by atoms with Crippen LogP contribution >= 0.6 is 0 Å². The number of hydrogen-bond donors (Lipinski definition) is 1. The zero-order chi connectivity index (χ0) is 17.2. The normalized spacial score (nSPS) is 10.0. The second-order valence-electron chi connectivity index (χ2n) is 4.95. The first-order valence-corrected chi connectivity index (χ1v) is 7.60. The molecule has 126 valence electrons. The summed E-state index contributed by atoms with van der Waals surface area (Å²) in [5, 5.41) is 2.84. The first-order chi connectivity index (χ1) is 11.7. The van der Waals surface area contributed by atoms with Gasteiger partial charge < -0.3 is 19.5 Å². The number of methoxy groups -OCH3 is 1. The average molecular weight is 327 g/mol. The van der Waals surface area contributed by atoms with Crippen molar-refractivity contribution < 1.29 is 19.0 Å². The van der Waals surface area contributed by atoms with Gasteiger partial charge in [-0.2, -0.15) is 0 Å². The number of benzene rings is 2. The van der Waals surface area contributed by atoms with Gasteiger partial charge in [0, 0.05) is 24.4 Å². The van der Waals surface area contributed by atoms with E-state index in [-0.39, 0.29) is 5.91 Å². The van der Waals surface area contributed by atoms with Crippen LogP contribution in [0, 0.1) is 0 Å². The molecule has 0 aliphatic heterocycles. The standard InChI is InChI=1S/C19H21NO4/c1-3-11-23-18-6-4-5-16(14-18)20-19(21)15-7-9-17(10-8-15)24-13-12-22-2/h3-10,14H,1,11-13H2,2H3,(H,20,21). The molecule has 5 heteroatoms. The topological polar surface area (TPSA) is 56.8 Å². The summed E-state index contributed by atoms with van der Waals surface area (Å²) in [4.78, 5) is 12.3. The lowest BCUT2D eigenvalue weighted by Crippen LogP contribution is -2.12. The third-order valence-electron chi connectivity index (χ3n) is 3.13. The molecule has 0 radical (unpaired) electrons. The quantitative estimate of drug-likeness (QED) is 0.565. The molecule has 5 nitrogen and oxygen atoms in total. The molecule has 0 aromatic heterocycles. The molecule has 2 rings (SSSR count). The monoisotopic (exact) mass is 327 g/mol. The van der Waals surface area contributed by atoms with E-state index in [1.54, 1.807) is 49.6 Å². The van der Waals surface area contributed by atoms with E-state index in [0.29, 0.717) is 42.6 Å². The molecule has 1 amide bonds. The zero-order valence-corrected chi connectivity index (χ0v) is 13.7. The smallest absolute Gasteiger partial charge is 0.255 e. The summed E-state index contributed by atoms with van der Waals surface area (Å²) in [7, 11) is 1.62. The van der Waals surface area contributed by atoms with E-state index in [2.05, 4.69) is 11.9 Å². The van der Waals surface area contributed by atoms with Crippen molar-refractivity contribution in [2.24, 2.45) is 0 Å². The predicted molar refractivity (Wildman–Crippen MR) is 93.9 cm³/mol. The highest BCUT2D eigenvalue weighted by atomic mass is 16.5. The van der Waals surface area contributed by atoms with Gasteiger partial charge in [-0.05, 0) is 36.4 Å². The fourth-order valence-corrected chi connectivity index (χ4v) is 1.97. The van der Waals surface area contributed by atoms with Gasteiger partial charge in [0.25, 0.3) is 5.91 Å². The van der Waals surface area contributed by atoms with Gasteiger partial charge in [-0.15, -0.1) is 0 Å². The summed E-state index contributed by atoms with van der Waals surface area (Å²) in [6.45, 7) is 5.02. The predicted octanol–water partition coefficient (Wildman–Crippen LogP) is 3.53. The van der Waals surface area contributed by atoms with E-state index in [9.17, 15) is 4.79 Å². The number of amides is 1. The Morgan fingerprint density at radius 3 is 2.58 bits per heavy atom. The molecule has 0 atom stereocenters. The molecular weight excluding hydrogens is 306 g/mol. The Kier molecular flexibility index (Phi) is 6.86. The van der Waals surface area contributed by atoms with Gasteiger partial charge in [0.1, 0.15) is 24.7 Å². The van der Waals surface area contributed by atoms with Gasteiger partial charge in [-0.25, -0.2) is 0 Å². The highest BCUT2D eigenvalue weighted by Gasteiger charge is 2.07. The number of carbonyl (C=O) groups is 1. The molecular formula is C19H21NO4. The molecule has 0 saturated carbocycles. The minimum Gasteiger partial charge on any atom is -0.491 e. The maximum Gasteiger partial charge on any atom is 0.255 e. The van der Waals surface area contributed by atoms with Crippen LogP contribution in [-0.4, -0.2) is 32.8 Å². The van der Waals surface area contributed by atoms with Crippen LogP contribution in [0.3, 0.4) is 0 Å². The lowest BCUT2D eigenvalue weighted by atomic mass is 10.2. The lowest BCUT2D eigenvalue weighted by Gasteiger charge is -2.09. The highest BCUT2D eigenvalue weighted by Crippen LogP contribution is 2.19. The van der Waals surface area contributed by atoms with E-state index in [4.69, 9.17) is 14.2 Å². The van der Waals surface area contributed by atoms with Crippen molar-refractivity contribution in [1.29, 1.82) is 0 Å². The van der Waals surface area contributed by atoms with Crippen LogP contribution in [0.4, 0.5) is 5.69 Å². The van der Waals surface area contributed by atoms with Crippen molar-refractivity contribution in [2.45, 2.75) is 0 Å². The van der Waals surface area contributed by atoms with Crippen LogP contribution in [0.15, 0.2) is 61.2 Å². The molecule has 2 aromatic rings. The van der Waals surface area contributed by atoms with Crippen LogP contribution in [0.2, 0.25) is 0 Å². The summed E-state index contributed by atoms with van der Waals surface area (Å²) in [6.07, 6.45) is 1.67. The number of anilines is 1. The number of carbonyl (C=O) groups excluding carboxylic acids is 1. The number of ether oxygens (including phenoxy) is 3. The Balaban J connectivity index is 1.95. The number of nitrogens with one attached hydrogen (secondary N) is 1. The fraction of sp³-hybridized carbons (Fsp3) is 0.211. The van der Waals surface area contributed by atoms with E-state index >= 15 is 0 Å². The van der Waals surface area contributed by atoms with Gasteiger partial charge in [-0.1, -0.05) is 18.7 Å². The SMILES string of the molecule is C=CCOc1cccc(NC(=O)c2ccc(OCCOC)cc2)c1. The van der Waals surface area contributed by atoms with Crippen molar-refractivity contribution in [3.05, 3.63) is 66.7 Å². The maximum atomic E-state index is 12.3. The van der Waals surface area contributed by atoms with Crippen molar-refractivity contribution in [3.63, 3.8) is 0 Å². The summed E-state index contributed by atoms with van der Waals surface area (Å²) in [5.41, 5.74) is 1.22. The number of hydrogen-bond acceptors (Lipinski definition) is 4. The van der Waals surface area contributed by atoms with Gasteiger partial charge in [0.15, 0.2) is 0 Å². The van der Waals surface area contributed by atoms with Gasteiger partial charge in [-0.3, -0.25) is 4.79 Å². The van der Waals surface area contributed by atoms with Gasteiger partial charge >= 0.3 is 0 Å². The molecule has 0 fully saturated rings. The third kappa shape index (κ3) is 5.44. The Bertz CT molecular complexity index is 667. The Morgan fingerprint density at radius 2 is 1.88 bits per heavy atom. The summed E-state index contributed by atoms with van der Waals surface area (Å²) < 4.78 is 15.8. The molecule has 0 spiro atoms. The maximum absolute atomic E-state index is 12.3. The molecule has 2 aromatic carbocycles. The molecule has 1 N–H and O–H groups in total. The summed E-state index contributed by atoms with van der Waals surface area (Å²) in [5.74, 6) is 1.18. The minimum absolute atomic E-state index is 0.195. The second kappa shape index (κ2) is 9.37. The van der Waals surface area contributed by atoms with Crippen LogP contribution in [0.1, 0.15) is 10.4 Å². The first-order valence-electron chi connectivity index (χ1n) is 7.60. The number of rotatable bonds is 9. The van der Waals surface area contributed by atoms with Crippen molar-refractivity contribution in [3.8, 4) is 11.5 Å². The fourth-order valence-electron chi connectivity index (χ4n) is 1.97. The van der Waals surface area contributed by atoms with E-state index < -0.39 is 0 Å². The second-order valence-corrected chi connectivity index (χ2v) is 4.95. The molecule has 0 unspecified atom stereocenters. The van der Waals surface area contributed by atoms with Crippen molar-refractivity contribution in [2.75, 3.05) is 32.2 Å². The van der Waals surface area contributed by atoms with Gasteiger partial charge in [0.2, 0.25) is 0 Å². The Labute approximate surface area is 141 Å². The average Bonchev–Trinajstić information content (AvgIpc) is 2.61. The van der Waals surface area contributed by atoms with Crippen molar-refractivity contribution >= 4 is 11.6 Å². The molecule has 0 aliphatic rings. The molecule has 0 heterocycles. The van der Waals surface area contributed by atoms with Crippen molar-refractivity contribution in [1.82, 2.24) is 0 Å². The van der Waals surface area contributed by atoms with E-state index in [1.165, 1.54) is 0 Å². The molecule has 0 saturated heterocycles. The van der Waals surface area contributed by atoms with Gasteiger partial charge in [0.05, 0.1) is 6.61 Å². The summed E-state index contributed by atoms with van der Waals surface area (Å²) >= 11 is 0. The summed E-state index contributed by atoms with van der Waals surface area (Å²) in [6, 6.07) is 14.2. The first kappa shape index (κ1) is 17.6. The molecule has 24 heavy (non-hydrogen) atoms.